The van der Waals surface area contributed by atoms with Crippen molar-refractivity contribution in [3.05, 3.63) is 24.3 Å². The molecular weight excluding hydrogens is 373 g/mol. The van der Waals surface area contributed by atoms with E-state index in [4.69, 9.17) is 10.5 Å². The summed E-state index contributed by atoms with van der Waals surface area (Å²) in [5.41, 5.74) is 6.07. The number of guanidine groups is 1. The molecule has 0 atom stereocenters. The quantitative estimate of drug-likeness (QED) is 0.586. The summed E-state index contributed by atoms with van der Waals surface area (Å²) in [6, 6.07) is 5.78. The number of nitrogens with one attached hydrogen (secondary N) is 1. The fourth-order valence-electron chi connectivity index (χ4n) is 4.02. The molecule has 3 N–H and O–H groups in total. The first-order valence-electron chi connectivity index (χ1n) is 9.63. The van der Waals surface area contributed by atoms with Crippen LogP contribution in [0.4, 0.5) is 18.9 Å². The van der Waals surface area contributed by atoms with Gasteiger partial charge in [0.1, 0.15) is 0 Å². The Morgan fingerprint density at radius 2 is 1.86 bits per heavy atom. The van der Waals surface area contributed by atoms with Gasteiger partial charge in [0.25, 0.3) is 0 Å². The van der Waals surface area contributed by atoms with Gasteiger partial charge in [0.05, 0.1) is 25.4 Å². The van der Waals surface area contributed by atoms with Gasteiger partial charge in [0, 0.05) is 18.6 Å². The first-order valence-corrected chi connectivity index (χ1v) is 9.63. The molecule has 1 aromatic rings. The number of para-hydroxylation sites is 2. The molecule has 9 heteroatoms. The standard InChI is InChI=1S/C19H27F3N4O2/c20-19(21,22)28-16-7-3-2-6-15(16)25-17(23)24-14-18(8-4-1-5-9-18)26-10-12-27-13-11-26/h2-3,6-7H,1,4-5,8-14H2,(H3,23,24,25). The SMILES string of the molecule is NC(=NCC1(N2CCOCC2)CCCCC1)Nc1ccccc1OC(F)(F)F. The Morgan fingerprint density at radius 1 is 1.18 bits per heavy atom. The van der Waals surface area contributed by atoms with E-state index in [1.807, 2.05) is 0 Å². The van der Waals surface area contributed by atoms with Crippen LogP contribution in [-0.2, 0) is 4.74 Å². The maximum atomic E-state index is 12.6. The van der Waals surface area contributed by atoms with Crippen molar-refractivity contribution in [3.8, 4) is 5.75 Å². The normalized spacial score (nSPS) is 21.3. The number of aliphatic imine (C=N–C) groups is 1. The third-order valence-corrected chi connectivity index (χ3v) is 5.39. The summed E-state index contributed by atoms with van der Waals surface area (Å²) < 4.78 is 47.3. The van der Waals surface area contributed by atoms with Crippen molar-refractivity contribution in [2.75, 3.05) is 38.2 Å². The molecule has 28 heavy (non-hydrogen) atoms. The number of benzene rings is 1. The van der Waals surface area contributed by atoms with Crippen LogP contribution in [0.1, 0.15) is 32.1 Å². The van der Waals surface area contributed by atoms with E-state index in [0.29, 0.717) is 19.8 Å². The summed E-state index contributed by atoms with van der Waals surface area (Å²) in [7, 11) is 0. The zero-order valence-corrected chi connectivity index (χ0v) is 15.8. The number of morpholine rings is 1. The van der Waals surface area contributed by atoms with Crippen molar-refractivity contribution in [1.29, 1.82) is 0 Å². The average molecular weight is 400 g/mol. The van der Waals surface area contributed by atoms with Gasteiger partial charge in [-0.25, -0.2) is 0 Å². The monoisotopic (exact) mass is 400 g/mol. The van der Waals surface area contributed by atoms with Crippen molar-refractivity contribution in [1.82, 2.24) is 4.90 Å². The lowest BCUT2D eigenvalue weighted by Crippen LogP contribution is -2.56. The third-order valence-electron chi connectivity index (χ3n) is 5.39. The van der Waals surface area contributed by atoms with Crippen molar-refractivity contribution >= 4 is 11.6 Å². The number of hydrogen-bond donors (Lipinski definition) is 2. The zero-order valence-electron chi connectivity index (χ0n) is 15.8. The summed E-state index contributed by atoms with van der Waals surface area (Å²) in [6.45, 7) is 3.66. The summed E-state index contributed by atoms with van der Waals surface area (Å²) in [5.74, 6) is -0.259. The molecule has 0 radical (unpaired) electrons. The molecule has 2 fully saturated rings. The second-order valence-corrected chi connectivity index (χ2v) is 7.25. The molecule has 3 rings (SSSR count). The smallest absolute Gasteiger partial charge is 0.404 e. The van der Waals surface area contributed by atoms with Gasteiger partial charge >= 0.3 is 6.36 Å². The van der Waals surface area contributed by atoms with Crippen LogP contribution in [-0.4, -0.2) is 55.6 Å². The Labute approximate surface area is 162 Å². The van der Waals surface area contributed by atoms with Crippen molar-refractivity contribution < 1.29 is 22.6 Å². The fraction of sp³-hybridized carbons (Fsp3) is 0.632. The van der Waals surface area contributed by atoms with E-state index in [-0.39, 0.29) is 22.9 Å². The number of ether oxygens (including phenoxy) is 2. The second kappa shape index (κ2) is 9.00. The summed E-state index contributed by atoms with van der Waals surface area (Å²) in [5, 5.41) is 2.75. The number of nitrogens with zero attached hydrogens (tertiary/aromatic N) is 2. The van der Waals surface area contributed by atoms with Crippen LogP contribution in [0, 0.1) is 0 Å². The van der Waals surface area contributed by atoms with Gasteiger partial charge in [-0.05, 0) is 25.0 Å². The van der Waals surface area contributed by atoms with Crippen LogP contribution >= 0.6 is 0 Å². The zero-order chi connectivity index (χ0) is 20.0. The first kappa shape index (κ1) is 20.7. The fourth-order valence-corrected chi connectivity index (χ4v) is 4.02. The van der Waals surface area contributed by atoms with Gasteiger partial charge < -0.3 is 20.5 Å². The molecule has 0 amide bonds. The van der Waals surface area contributed by atoms with Crippen LogP contribution < -0.4 is 15.8 Å². The van der Waals surface area contributed by atoms with Crippen LogP contribution in [0.25, 0.3) is 0 Å². The number of hydrogen-bond acceptors (Lipinski definition) is 4. The Kier molecular flexibility index (Phi) is 6.66. The summed E-state index contributed by atoms with van der Waals surface area (Å²) >= 11 is 0. The predicted octanol–water partition coefficient (Wildman–Crippen LogP) is 3.35. The van der Waals surface area contributed by atoms with E-state index in [2.05, 4.69) is 19.9 Å². The molecule has 2 aliphatic rings. The Balaban J connectivity index is 1.70. The van der Waals surface area contributed by atoms with Crippen molar-refractivity contribution in [3.63, 3.8) is 0 Å². The molecule has 1 aliphatic carbocycles. The Bertz CT molecular complexity index is 669. The molecule has 1 saturated carbocycles. The Hall–Kier alpha value is -2.00. The van der Waals surface area contributed by atoms with E-state index in [0.717, 1.165) is 38.8 Å². The van der Waals surface area contributed by atoms with Crippen molar-refractivity contribution in [2.24, 2.45) is 10.7 Å². The van der Waals surface area contributed by atoms with Gasteiger partial charge in [-0.3, -0.25) is 9.89 Å². The highest BCUT2D eigenvalue weighted by atomic mass is 19.4. The third kappa shape index (κ3) is 5.51. The second-order valence-electron chi connectivity index (χ2n) is 7.25. The maximum Gasteiger partial charge on any atom is 0.573 e. The van der Waals surface area contributed by atoms with E-state index in [9.17, 15) is 13.2 Å². The number of alkyl halides is 3. The summed E-state index contributed by atoms with van der Waals surface area (Å²) in [4.78, 5) is 6.93. The lowest BCUT2D eigenvalue weighted by molar-refractivity contribution is -0.274. The van der Waals surface area contributed by atoms with Gasteiger partial charge in [-0.15, -0.1) is 13.2 Å². The van der Waals surface area contributed by atoms with Gasteiger partial charge in [0.15, 0.2) is 11.7 Å². The predicted molar refractivity (Wildman–Crippen MR) is 101 cm³/mol. The molecule has 1 saturated heterocycles. The molecular formula is C19H27F3N4O2. The number of nitrogens with two attached hydrogens (primary N) is 1. The molecule has 0 spiro atoms. The topological polar surface area (TPSA) is 72.1 Å². The number of halogens is 3. The minimum Gasteiger partial charge on any atom is -0.404 e. The molecule has 0 aromatic heterocycles. The maximum absolute atomic E-state index is 12.6. The summed E-state index contributed by atoms with van der Waals surface area (Å²) in [6.07, 6.45) is 0.803. The van der Waals surface area contributed by atoms with E-state index in [1.54, 1.807) is 6.07 Å². The Morgan fingerprint density at radius 3 is 2.54 bits per heavy atom. The lowest BCUT2D eigenvalue weighted by Gasteiger charge is -2.47. The minimum atomic E-state index is -4.77. The number of rotatable bonds is 5. The van der Waals surface area contributed by atoms with Gasteiger partial charge in [0.2, 0.25) is 0 Å². The molecule has 156 valence electrons. The van der Waals surface area contributed by atoms with Gasteiger partial charge in [-0.1, -0.05) is 31.4 Å². The lowest BCUT2D eigenvalue weighted by atomic mass is 9.80. The average Bonchev–Trinajstić information content (AvgIpc) is 2.68. The minimum absolute atomic E-state index is 0.0592. The molecule has 0 unspecified atom stereocenters. The molecule has 6 nitrogen and oxygen atoms in total. The molecule has 0 bridgehead atoms. The largest absolute Gasteiger partial charge is 0.573 e. The molecule has 1 aliphatic heterocycles. The van der Waals surface area contributed by atoms with E-state index < -0.39 is 6.36 Å². The molecule has 1 aromatic carbocycles. The van der Waals surface area contributed by atoms with Crippen LogP contribution in [0.2, 0.25) is 0 Å². The van der Waals surface area contributed by atoms with E-state index >= 15 is 0 Å². The van der Waals surface area contributed by atoms with Crippen LogP contribution in [0.5, 0.6) is 5.75 Å². The van der Waals surface area contributed by atoms with Crippen LogP contribution in [0.3, 0.4) is 0 Å². The van der Waals surface area contributed by atoms with Crippen molar-refractivity contribution in [2.45, 2.75) is 44.0 Å². The highest BCUT2D eigenvalue weighted by Gasteiger charge is 2.38. The van der Waals surface area contributed by atoms with Gasteiger partial charge in [-0.2, -0.15) is 0 Å². The van der Waals surface area contributed by atoms with Crippen LogP contribution in [0.15, 0.2) is 29.3 Å². The molecule has 1 heterocycles. The highest BCUT2D eigenvalue weighted by molar-refractivity contribution is 5.93. The highest BCUT2D eigenvalue weighted by Crippen LogP contribution is 2.35. The van der Waals surface area contributed by atoms with E-state index in [1.165, 1.54) is 24.6 Å². The first-order chi connectivity index (χ1) is 13.4. The number of anilines is 1.